The molecule has 0 saturated carbocycles. The van der Waals surface area contributed by atoms with Gasteiger partial charge in [-0.3, -0.25) is 9.59 Å². The van der Waals surface area contributed by atoms with Crippen molar-refractivity contribution in [3.8, 4) is 0 Å². The van der Waals surface area contributed by atoms with Crippen molar-refractivity contribution in [2.24, 2.45) is 23.3 Å². The molecule has 0 radical (unpaired) electrons. The molecule has 5 N–H and O–H groups in total. The molecule has 5 nitrogen and oxygen atoms in total. The van der Waals surface area contributed by atoms with Crippen LogP contribution in [0.25, 0.3) is 0 Å². The van der Waals surface area contributed by atoms with Gasteiger partial charge in [-0.1, -0.05) is 13.8 Å². The zero-order valence-corrected chi connectivity index (χ0v) is 9.45. The third-order valence-electron chi connectivity index (χ3n) is 2.43. The first-order valence-corrected chi connectivity index (χ1v) is 5.30. The molecule has 0 spiro atoms. The number of carbonyl (C=O) groups is 2. The van der Waals surface area contributed by atoms with E-state index >= 15 is 0 Å². The third-order valence-corrected chi connectivity index (χ3v) is 2.43. The topological polar surface area (TPSA) is 98.2 Å². The summed E-state index contributed by atoms with van der Waals surface area (Å²) in [5.41, 5.74) is 10.4. The molecule has 5 heteroatoms. The highest BCUT2D eigenvalue weighted by atomic mass is 16.2. The Hall–Kier alpha value is -1.10. The first kappa shape index (κ1) is 13.9. The van der Waals surface area contributed by atoms with Crippen LogP contribution >= 0.6 is 0 Å². The summed E-state index contributed by atoms with van der Waals surface area (Å²) in [6.45, 7) is 4.55. The molecule has 0 bridgehead atoms. The van der Waals surface area contributed by atoms with Gasteiger partial charge in [-0.2, -0.15) is 0 Å². The summed E-state index contributed by atoms with van der Waals surface area (Å²) in [6, 6.07) is 0. The van der Waals surface area contributed by atoms with Gasteiger partial charge in [-0.05, 0) is 12.8 Å². The van der Waals surface area contributed by atoms with E-state index in [1.807, 2.05) is 6.92 Å². The zero-order valence-electron chi connectivity index (χ0n) is 9.45. The molecule has 0 heterocycles. The van der Waals surface area contributed by atoms with Crippen molar-refractivity contribution in [2.45, 2.75) is 26.7 Å². The van der Waals surface area contributed by atoms with Gasteiger partial charge in [0.1, 0.15) is 0 Å². The number of nitrogens with two attached hydrogens (primary N) is 2. The average molecular weight is 215 g/mol. The summed E-state index contributed by atoms with van der Waals surface area (Å²) in [5, 5.41) is 2.71. The fourth-order valence-corrected chi connectivity index (χ4v) is 1.34. The predicted molar refractivity (Wildman–Crippen MR) is 58.8 cm³/mol. The second-order valence-corrected chi connectivity index (χ2v) is 3.72. The van der Waals surface area contributed by atoms with Crippen LogP contribution in [0.4, 0.5) is 0 Å². The lowest BCUT2D eigenvalue weighted by Gasteiger charge is -2.17. The summed E-state index contributed by atoms with van der Waals surface area (Å²) < 4.78 is 0. The molecule has 15 heavy (non-hydrogen) atoms. The highest BCUT2D eigenvalue weighted by Crippen LogP contribution is 2.15. The van der Waals surface area contributed by atoms with E-state index in [0.717, 1.165) is 0 Å². The Bertz CT molecular complexity index is 219. The van der Waals surface area contributed by atoms with Gasteiger partial charge in [-0.25, -0.2) is 0 Å². The van der Waals surface area contributed by atoms with Gasteiger partial charge in [0.25, 0.3) is 0 Å². The Morgan fingerprint density at radius 2 is 2.00 bits per heavy atom. The van der Waals surface area contributed by atoms with Gasteiger partial charge in [0, 0.05) is 24.9 Å². The lowest BCUT2D eigenvalue weighted by atomic mass is 9.92. The van der Waals surface area contributed by atoms with Gasteiger partial charge in [0.2, 0.25) is 11.8 Å². The number of carbonyl (C=O) groups excluding carboxylic acids is 2. The van der Waals surface area contributed by atoms with Gasteiger partial charge < -0.3 is 16.8 Å². The summed E-state index contributed by atoms with van der Waals surface area (Å²) in [7, 11) is 0. The fraction of sp³-hybridized carbons (Fsp3) is 0.800. The van der Waals surface area contributed by atoms with Crippen molar-refractivity contribution >= 4 is 11.8 Å². The molecule has 0 aliphatic carbocycles. The maximum atomic E-state index is 11.6. The normalized spacial score (nSPS) is 14.3. The molecule has 0 aromatic rings. The minimum atomic E-state index is -0.361. The van der Waals surface area contributed by atoms with E-state index < -0.39 is 0 Å². The van der Waals surface area contributed by atoms with Gasteiger partial charge in [0.05, 0.1) is 0 Å². The monoisotopic (exact) mass is 215 g/mol. The van der Waals surface area contributed by atoms with Crippen LogP contribution in [0.3, 0.4) is 0 Å². The van der Waals surface area contributed by atoms with Crippen molar-refractivity contribution < 1.29 is 9.59 Å². The van der Waals surface area contributed by atoms with Crippen LogP contribution in [0.15, 0.2) is 0 Å². The Labute approximate surface area is 90.6 Å². The maximum Gasteiger partial charge on any atom is 0.223 e. The Kier molecular flexibility index (Phi) is 6.70. The number of nitrogens with one attached hydrogen (secondary N) is 1. The number of hydrogen-bond acceptors (Lipinski definition) is 3. The summed E-state index contributed by atoms with van der Waals surface area (Å²) in [5.74, 6) is -0.825. The standard InChI is InChI=1S/C10H21N3O2/c1-3-8(6-7(2)9(12)14)10(15)13-5-4-11/h7-8H,3-6,11H2,1-2H3,(H2,12,14)(H,13,15). The second kappa shape index (κ2) is 7.23. The molecule has 2 atom stereocenters. The number of primary amides is 1. The molecule has 88 valence electrons. The van der Waals surface area contributed by atoms with Crippen LogP contribution in [0, 0.1) is 11.8 Å². The van der Waals surface area contributed by atoms with Crippen LogP contribution < -0.4 is 16.8 Å². The third kappa shape index (κ3) is 5.37. The van der Waals surface area contributed by atoms with Crippen LogP contribution in [-0.2, 0) is 9.59 Å². The molecule has 0 rings (SSSR count). The van der Waals surface area contributed by atoms with Crippen molar-refractivity contribution in [2.75, 3.05) is 13.1 Å². The quantitative estimate of drug-likeness (QED) is 0.539. The molecule has 0 aromatic heterocycles. The average Bonchev–Trinajstić information content (AvgIpc) is 2.21. The number of rotatable bonds is 7. The van der Waals surface area contributed by atoms with Crippen LogP contribution in [-0.4, -0.2) is 24.9 Å². The van der Waals surface area contributed by atoms with Gasteiger partial charge in [-0.15, -0.1) is 0 Å². The molecule has 0 aliphatic rings. The van der Waals surface area contributed by atoms with E-state index in [-0.39, 0.29) is 23.7 Å². The predicted octanol–water partition coefficient (Wildman–Crippen LogP) is -0.401. The molecule has 0 saturated heterocycles. The molecule has 2 amide bonds. The summed E-state index contributed by atoms with van der Waals surface area (Å²) in [4.78, 5) is 22.4. The van der Waals surface area contributed by atoms with E-state index in [2.05, 4.69) is 5.32 Å². The molecule has 2 unspecified atom stereocenters. The molecule has 0 aliphatic heterocycles. The van der Waals surface area contributed by atoms with Crippen molar-refractivity contribution in [3.05, 3.63) is 0 Å². The van der Waals surface area contributed by atoms with Gasteiger partial charge >= 0.3 is 0 Å². The van der Waals surface area contributed by atoms with Crippen LogP contribution in [0.1, 0.15) is 26.7 Å². The lowest BCUT2D eigenvalue weighted by molar-refractivity contribution is -0.126. The maximum absolute atomic E-state index is 11.6. The number of amides is 2. The fourth-order valence-electron chi connectivity index (χ4n) is 1.34. The van der Waals surface area contributed by atoms with E-state index in [9.17, 15) is 9.59 Å². The minimum absolute atomic E-state index is 0.0453. The second-order valence-electron chi connectivity index (χ2n) is 3.72. The van der Waals surface area contributed by atoms with Gasteiger partial charge in [0.15, 0.2) is 0 Å². The molecule has 0 fully saturated rings. The Morgan fingerprint density at radius 1 is 1.40 bits per heavy atom. The Morgan fingerprint density at radius 3 is 2.40 bits per heavy atom. The van der Waals surface area contributed by atoms with Crippen LogP contribution in [0.2, 0.25) is 0 Å². The van der Waals surface area contributed by atoms with Crippen molar-refractivity contribution in [3.63, 3.8) is 0 Å². The summed E-state index contributed by atoms with van der Waals surface area (Å²) >= 11 is 0. The summed E-state index contributed by atoms with van der Waals surface area (Å²) in [6.07, 6.45) is 1.20. The number of hydrogen-bond donors (Lipinski definition) is 3. The molecular formula is C10H21N3O2. The van der Waals surface area contributed by atoms with Crippen molar-refractivity contribution in [1.29, 1.82) is 0 Å². The molecule has 0 aromatic carbocycles. The smallest absolute Gasteiger partial charge is 0.223 e. The van der Waals surface area contributed by atoms with E-state index in [4.69, 9.17) is 11.5 Å². The highest BCUT2D eigenvalue weighted by molar-refractivity contribution is 5.80. The van der Waals surface area contributed by atoms with E-state index in [1.165, 1.54) is 0 Å². The Balaban J connectivity index is 4.11. The minimum Gasteiger partial charge on any atom is -0.369 e. The largest absolute Gasteiger partial charge is 0.369 e. The molecular weight excluding hydrogens is 194 g/mol. The highest BCUT2D eigenvalue weighted by Gasteiger charge is 2.21. The van der Waals surface area contributed by atoms with Crippen LogP contribution in [0.5, 0.6) is 0 Å². The lowest BCUT2D eigenvalue weighted by Crippen LogP contribution is -2.36. The zero-order chi connectivity index (χ0) is 11.8. The van der Waals surface area contributed by atoms with E-state index in [1.54, 1.807) is 6.92 Å². The first-order chi connectivity index (χ1) is 7.02. The van der Waals surface area contributed by atoms with Crippen molar-refractivity contribution in [1.82, 2.24) is 5.32 Å². The SMILES string of the molecule is CCC(CC(C)C(N)=O)C(=O)NCCN. The first-order valence-electron chi connectivity index (χ1n) is 5.30. The van der Waals surface area contributed by atoms with E-state index in [0.29, 0.717) is 25.9 Å².